The van der Waals surface area contributed by atoms with Crippen molar-refractivity contribution in [2.75, 3.05) is 11.6 Å². The molecule has 1 heterocycles. The van der Waals surface area contributed by atoms with Crippen molar-refractivity contribution < 1.29 is 13.3 Å². The Bertz CT molecular complexity index is 1050. The Morgan fingerprint density at radius 1 is 1.15 bits per heavy atom. The zero-order valence-electron chi connectivity index (χ0n) is 14.4. The lowest BCUT2D eigenvalue weighted by molar-refractivity contribution is -0.384. The molecule has 0 atom stereocenters. The summed E-state index contributed by atoms with van der Waals surface area (Å²) in [5.41, 5.74) is 1.96. The number of rotatable bonds is 7. The van der Waals surface area contributed by atoms with E-state index in [4.69, 9.17) is 0 Å². The normalized spacial score (nSPS) is 11.3. The van der Waals surface area contributed by atoms with Gasteiger partial charge in [-0.1, -0.05) is 24.3 Å². The van der Waals surface area contributed by atoms with Gasteiger partial charge in [-0.05, 0) is 23.3 Å². The molecule has 10 heteroatoms. The predicted molar refractivity (Wildman–Crippen MR) is 99.1 cm³/mol. The van der Waals surface area contributed by atoms with Crippen LogP contribution in [0.25, 0.3) is 0 Å². The number of nitrogens with zero attached hydrogens (tertiary/aromatic N) is 4. The van der Waals surface area contributed by atoms with E-state index in [9.17, 15) is 18.5 Å². The molecule has 3 rings (SSSR count). The molecule has 1 N–H and O–H groups in total. The lowest BCUT2D eigenvalue weighted by atomic mass is 10.1. The smallest absolute Gasteiger partial charge is 0.293 e. The average molecular weight is 387 g/mol. The van der Waals surface area contributed by atoms with Gasteiger partial charge in [-0.25, -0.2) is 18.1 Å². The van der Waals surface area contributed by atoms with Crippen molar-refractivity contribution in [3.63, 3.8) is 0 Å². The Morgan fingerprint density at radius 3 is 2.44 bits per heavy atom. The maximum Gasteiger partial charge on any atom is 0.293 e. The van der Waals surface area contributed by atoms with Crippen LogP contribution in [0.4, 0.5) is 11.4 Å². The summed E-state index contributed by atoms with van der Waals surface area (Å²) in [4.78, 5) is 14.5. The molecule has 9 nitrogen and oxygen atoms in total. The Morgan fingerprint density at radius 2 is 1.85 bits per heavy atom. The van der Waals surface area contributed by atoms with Crippen LogP contribution in [0.3, 0.4) is 0 Å². The summed E-state index contributed by atoms with van der Waals surface area (Å²) in [6.07, 6.45) is 4.12. The number of nitrogens with one attached hydrogen (secondary N) is 1. The van der Waals surface area contributed by atoms with Gasteiger partial charge >= 0.3 is 0 Å². The van der Waals surface area contributed by atoms with E-state index in [-0.39, 0.29) is 16.3 Å². The summed E-state index contributed by atoms with van der Waals surface area (Å²) < 4.78 is 24.9. The molecule has 0 unspecified atom stereocenters. The molecule has 0 bridgehead atoms. The SMILES string of the molecule is CS(=O)(=O)c1ccc(NCc2ccc(Cn3cncn3)cc2)c([N+](=O)[O-])c1. The molecular weight excluding hydrogens is 370 g/mol. The highest BCUT2D eigenvalue weighted by atomic mass is 32.2. The first kappa shape index (κ1) is 18.5. The zero-order valence-corrected chi connectivity index (χ0v) is 15.3. The highest BCUT2D eigenvalue weighted by Gasteiger charge is 2.18. The summed E-state index contributed by atoms with van der Waals surface area (Å²) in [5, 5.41) is 18.3. The molecule has 0 saturated heterocycles. The third-order valence-electron chi connectivity index (χ3n) is 3.91. The number of nitro groups is 1. The topological polar surface area (TPSA) is 120 Å². The van der Waals surface area contributed by atoms with Crippen molar-refractivity contribution in [1.29, 1.82) is 0 Å². The maximum absolute atomic E-state index is 11.6. The van der Waals surface area contributed by atoms with Gasteiger partial charge in [0.2, 0.25) is 0 Å². The molecule has 0 saturated carbocycles. The number of sulfone groups is 1. The number of benzene rings is 2. The molecule has 140 valence electrons. The van der Waals surface area contributed by atoms with Gasteiger partial charge in [0.15, 0.2) is 9.84 Å². The van der Waals surface area contributed by atoms with Gasteiger partial charge in [0.05, 0.1) is 16.4 Å². The second-order valence-corrected chi connectivity index (χ2v) is 7.99. The lowest BCUT2D eigenvalue weighted by Crippen LogP contribution is -2.05. The van der Waals surface area contributed by atoms with Crippen molar-refractivity contribution in [2.45, 2.75) is 18.0 Å². The van der Waals surface area contributed by atoms with Gasteiger partial charge in [0.1, 0.15) is 18.3 Å². The van der Waals surface area contributed by atoms with E-state index in [1.54, 1.807) is 11.0 Å². The molecule has 2 aromatic carbocycles. The second kappa shape index (κ2) is 7.54. The fraction of sp³-hybridized carbons (Fsp3) is 0.176. The number of nitro benzene ring substituents is 1. The third kappa shape index (κ3) is 4.67. The van der Waals surface area contributed by atoms with E-state index in [1.807, 2.05) is 24.3 Å². The Hall–Kier alpha value is -3.27. The van der Waals surface area contributed by atoms with Gasteiger partial charge in [-0.3, -0.25) is 10.1 Å². The number of aromatic nitrogens is 3. The van der Waals surface area contributed by atoms with Crippen molar-refractivity contribution in [3.8, 4) is 0 Å². The Kier molecular flexibility index (Phi) is 5.17. The minimum absolute atomic E-state index is 0.0859. The fourth-order valence-electron chi connectivity index (χ4n) is 2.50. The quantitative estimate of drug-likeness (QED) is 0.487. The molecule has 0 fully saturated rings. The highest BCUT2D eigenvalue weighted by molar-refractivity contribution is 7.90. The zero-order chi connectivity index (χ0) is 19.4. The minimum atomic E-state index is -3.51. The average Bonchev–Trinajstić information content (AvgIpc) is 3.13. The van der Waals surface area contributed by atoms with E-state index in [0.29, 0.717) is 13.1 Å². The molecule has 0 aliphatic carbocycles. The van der Waals surface area contributed by atoms with Gasteiger partial charge in [-0.2, -0.15) is 5.10 Å². The standard InChI is InChI=1S/C17H17N5O4S/c1-27(25,26)15-6-7-16(17(8-15)22(23)24)19-9-13-2-4-14(5-3-13)10-21-12-18-11-20-21/h2-8,11-12,19H,9-10H2,1H3. The molecule has 0 aliphatic heterocycles. The van der Waals surface area contributed by atoms with Crippen LogP contribution < -0.4 is 5.32 Å². The van der Waals surface area contributed by atoms with Crippen LogP contribution in [-0.4, -0.2) is 34.4 Å². The van der Waals surface area contributed by atoms with E-state index in [1.165, 1.54) is 18.5 Å². The highest BCUT2D eigenvalue weighted by Crippen LogP contribution is 2.28. The van der Waals surface area contributed by atoms with Crippen LogP contribution in [0.2, 0.25) is 0 Å². The molecule has 0 aliphatic rings. The van der Waals surface area contributed by atoms with E-state index < -0.39 is 14.8 Å². The van der Waals surface area contributed by atoms with Crippen molar-refractivity contribution in [1.82, 2.24) is 14.8 Å². The first-order valence-corrected chi connectivity index (χ1v) is 9.84. The Labute approximate surface area is 155 Å². The van der Waals surface area contributed by atoms with Gasteiger partial charge in [0.25, 0.3) is 5.69 Å². The lowest BCUT2D eigenvalue weighted by Gasteiger charge is -2.09. The predicted octanol–water partition coefficient (Wildman–Crippen LogP) is 2.25. The first-order chi connectivity index (χ1) is 12.8. The maximum atomic E-state index is 11.6. The summed E-state index contributed by atoms with van der Waals surface area (Å²) >= 11 is 0. The van der Waals surface area contributed by atoms with Gasteiger partial charge < -0.3 is 5.32 Å². The summed E-state index contributed by atoms with van der Waals surface area (Å²) in [6, 6.07) is 11.5. The monoisotopic (exact) mass is 387 g/mol. The second-order valence-electron chi connectivity index (χ2n) is 5.97. The molecule has 27 heavy (non-hydrogen) atoms. The first-order valence-electron chi connectivity index (χ1n) is 7.95. The van der Waals surface area contributed by atoms with Gasteiger partial charge in [-0.15, -0.1) is 0 Å². The van der Waals surface area contributed by atoms with Crippen molar-refractivity contribution in [2.24, 2.45) is 0 Å². The van der Waals surface area contributed by atoms with Gasteiger partial charge in [0, 0.05) is 18.9 Å². The number of anilines is 1. The molecule has 0 spiro atoms. The number of hydrogen-bond donors (Lipinski definition) is 1. The molecule has 1 aromatic heterocycles. The van der Waals surface area contributed by atoms with E-state index >= 15 is 0 Å². The van der Waals surface area contributed by atoms with Crippen LogP contribution in [-0.2, 0) is 22.9 Å². The van der Waals surface area contributed by atoms with Crippen LogP contribution in [0.5, 0.6) is 0 Å². The molecule has 3 aromatic rings. The largest absolute Gasteiger partial charge is 0.375 e. The minimum Gasteiger partial charge on any atom is -0.375 e. The third-order valence-corrected chi connectivity index (χ3v) is 5.02. The van der Waals surface area contributed by atoms with Crippen LogP contribution in [0.15, 0.2) is 60.0 Å². The van der Waals surface area contributed by atoms with E-state index in [0.717, 1.165) is 23.4 Å². The Balaban J connectivity index is 1.71. The molecular formula is C17H17N5O4S. The van der Waals surface area contributed by atoms with E-state index in [2.05, 4.69) is 15.4 Å². The summed E-state index contributed by atoms with van der Waals surface area (Å²) in [7, 11) is -3.51. The van der Waals surface area contributed by atoms with Crippen LogP contribution in [0, 0.1) is 10.1 Å². The summed E-state index contributed by atoms with van der Waals surface area (Å²) in [6.45, 7) is 0.967. The summed E-state index contributed by atoms with van der Waals surface area (Å²) in [5.74, 6) is 0. The molecule has 0 radical (unpaired) electrons. The number of hydrogen-bond acceptors (Lipinski definition) is 7. The van der Waals surface area contributed by atoms with Crippen molar-refractivity contribution >= 4 is 21.2 Å². The molecule has 0 amide bonds. The van der Waals surface area contributed by atoms with Crippen LogP contribution in [0.1, 0.15) is 11.1 Å². The van der Waals surface area contributed by atoms with Crippen molar-refractivity contribution in [3.05, 3.63) is 76.4 Å². The van der Waals surface area contributed by atoms with Crippen LogP contribution >= 0.6 is 0 Å². The fourth-order valence-corrected chi connectivity index (χ4v) is 3.14.